The third-order valence-electron chi connectivity index (χ3n) is 6.34. The molecule has 1 atom stereocenters. The molecule has 1 aliphatic heterocycles. The SMILES string of the molecule is CC(=O)N1CCC[C@@H](N(C)C(=O)NCCc2cc(-c3cc4ccccc4[nH]3)c(Cl)cc2Cl)C1. The Bertz CT molecular complexity index is 1140. The van der Waals surface area contributed by atoms with Gasteiger partial charge >= 0.3 is 6.03 Å². The van der Waals surface area contributed by atoms with Crippen LogP contribution in [0.4, 0.5) is 4.79 Å². The normalized spacial score (nSPS) is 16.1. The maximum atomic E-state index is 12.7. The standard InChI is InChI=1S/C25H28Cl2N4O2/c1-16(32)31-11-5-7-19(15-31)30(2)25(33)28-10-9-17-12-20(22(27)14-21(17)26)24-13-18-6-3-4-8-23(18)29-24/h3-4,6,8,12-14,19,29H,5,7,9-11,15H2,1-2H3,(H,28,33)/t19-/m1/s1. The van der Waals surface area contributed by atoms with Gasteiger partial charge in [-0.05, 0) is 49.1 Å². The first-order chi connectivity index (χ1) is 15.8. The molecule has 0 saturated carbocycles. The molecule has 1 saturated heterocycles. The first kappa shape index (κ1) is 23.5. The molecule has 2 heterocycles. The number of H-pyrrole nitrogens is 1. The lowest BCUT2D eigenvalue weighted by atomic mass is 10.0. The minimum atomic E-state index is -0.147. The zero-order valence-electron chi connectivity index (χ0n) is 18.8. The highest BCUT2D eigenvalue weighted by Gasteiger charge is 2.27. The van der Waals surface area contributed by atoms with Crippen molar-refractivity contribution < 1.29 is 9.59 Å². The number of para-hydroxylation sites is 1. The number of carbonyl (C=O) groups is 2. The summed E-state index contributed by atoms with van der Waals surface area (Å²) in [6.07, 6.45) is 2.37. The molecule has 174 valence electrons. The molecule has 4 rings (SSSR count). The molecular weight excluding hydrogens is 459 g/mol. The van der Waals surface area contributed by atoms with Crippen molar-refractivity contribution >= 4 is 46.0 Å². The van der Waals surface area contributed by atoms with Gasteiger partial charge in [0.2, 0.25) is 5.91 Å². The highest BCUT2D eigenvalue weighted by atomic mass is 35.5. The van der Waals surface area contributed by atoms with E-state index in [1.807, 2.05) is 30.3 Å². The number of piperidine rings is 1. The highest BCUT2D eigenvalue weighted by Crippen LogP contribution is 2.34. The second-order valence-corrected chi connectivity index (χ2v) is 9.36. The second-order valence-electron chi connectivity index (χ2n) is 8.55. The summed E-state index contributed by atoms with van der Waals surface area (Å²) in [4.78, 5) is 31.3. The van der Waals surface area contributed by atoms with Crippen LogP contribution >= 0.6 is 23.2 Å². The number of likely N-dealkylation sites (tertiary alicyclic amines) is 1. The molecule has 33 heavy (non-hydrogen) atoms. The van der Waals surface area contributed by atoms with Crippen LogP contribution in [0.3, 0.4) is 0 Å². The molecule has 2 N–H and O–H groups in total. The van der Waals surface area contributed by atoms with Gasteiger partial charge in [0.25, 0.3) is 0 Å². The molecule has 0 unspecified atom stereocenters. The average molecular weight is 487 g/mol. The Morgan fingerprint density at radius 3 is 2.73 bits per heavy atom. The zero-order valence-corrected chi connectivity index (χ0v) is 20.3. The maximum absolute atomic E-state index is 12.7. The minimum absolute atomic E-state index is 0.0235. The number of hydrogen-bond acceptors (Lipinski definition) is 2. The summed E-state index contributed by atoms with van der Waals surface area (Å²) in [6, 6.07) is 13.7. The van der Waals surface area contributed by atoms with Crippen LogP contribution in [0.15, 0.2) is 42.5 Å². The second kappa shape index (κ2) is 10.1. The predicted molar refractivity (Wildman–Crippen MR) is 134 cm³/mol. The maximum Gasteiger partial charge on any atom is 0.317 e. The molecule has 6 nitrogen and oxygen atoms in total. The average Bonchev–Trinajstić information content (AvgIpc) is 3.23. The van der Waals surface area contributed by atoms with E-state index in [2.05, 4.69) is 16.4 Å². The van der Waals surface area contributed by atoms with Crippen LogP contribution in [0.2, 0.25) is 10.0 Å². The number of fused-ring (bicyclic) bond motifs is 1. The quantitative estimate of drug-likeness (QED) is 0.511. The van der Waals surface area contributed by atoms with Crippen molar-refractivity contribution in [3.63, 3.8) is 0 Å². The smallest absolute Gasteiger partial charge is 0.317 e. The van der Waals surface area contributed by atoms with Crippen LogP contribution in [0.1, 0.15) is 25.3 Å². The van der Waals surface area contributed by atoms with Gasteiger partial charge in [-0.2, -0.15) is 0 Å². The van der Waals surface area contributed by atoms with Crippen LogP contribution in [-0.4, -0.2) is 59.4 Å². The lowest BCUT2D eigenvalue weighted by molar-refractivity contribution is -0.130. The fourth-order valence-corrected chi connectivity index (χ4v) is 4.94. The molecule has 0 radical (unpaired) electrons. The third-order valence-corrected chi connectivity index (χ3v) is 7.00. The molecule has 1 aromatic heterocycles. The van der Waals surface area contributed by atoms with E-state index >= 15 is 0 Å². The fourth-order valence-electron chi connectivity index (χ4n) is 4.36. The lowest BCUT2D eigenvalue weighted by Gasteiger charge is -2.37. The van der Waals surface area contributed by atoms with Crippen LogP contribution in [0.25, 0.3) is 22.2 Å². The van der Waals surface area contributed by atoms with Gasteiger partial charge in [-0.25, -0.2) is 4.79 Å². The van der Waals surface area contributed by atoms with E-state index in [1.165, 1.54) is 0 Å². The Morgan fingerprint density at radius 1 is 1.18 bits per heavy atom. The number of urea groups is 1. The number of likely N-dealkylation sites (N-methyl/N-ethyl adjacent to an activating group) is 1. The minimum Gasteiger partial charge on any atom is -0.354 e. The number of hydrogen-bond donors (Lipinski definition) is 2. The molecule has 1 fully saturated rings. The molecular formula is C25H28Cl2N4O2. The van der Waals surface area contributed by atoms with Gasteiger partial charge in [0.05, 0.1) is 11.1 Å². The molecule has 3 aromatic rings. The van der Waals surface area contributed by atoms with Crippen molar-refractivity contribution in [3.8, 4) is 11.3 Å². The van der Waals surface area contributed by atoms with Crippen LogP contribution in [0, 0.1) is 0 Å². The van der Waals surface area contributed by atoms with Crippen LogP contribution in [0.5, 0.6) is 0 Å². The Hall–Kier alpha value is -2.70. The predicted octanol–water partition coefficient (Wildman–Crippen LogP) is 5.34. The van der Waals surface area contributed by atoms with Crippen molar-refractivity contribution in [2.24, 2.45) is 0 Å². The van der Waals surface area contributed by atoms with Gasteiger partial charge in [0, 0.05) is 60.8 Å². The Morgan fingerprint density at radius 2 is 1.97 bits per heavy atom. The highest BCUT2D eigenvalue weighted by molar-refractivity contribution is 6.36. The van der Waals surface area contributed by atoms with E-state index in [1.54, 1.807) is 29.8 Å². The van der Waals surface area contributed by atoms with Gasteiger partial charge in [0.15, 0.2) is 0 Å². The summed E-state index contributed by atoms with van der Waals surface area (Å²) in [5, 5.41) is 5.24. The Kier molecular flexibility index (Phi) is 7.15. The molecule has 0 spiro atoms. The number of nitrogens with one attached hydrogen (secondary N) is 2. The first-order valence-corrected chi connectivity index (χ1v) is 11.9. The summed E-state index contributed by atoms with van der Waals surface area (Å²) in [7, 11) is 1.78. The van der Waals surface area contributed by atoms with Gasteiger partial charge in [-0.3, -0.25) is 4.79 Å². The van der Waals surface area contributed by atoms with Crippen molar-refractivity contribution in [1.29, 1.82) is 0 Å². The van der Waals surface area contributed by atoms with Crippen molar-refractivity contribution in [3.05, 3.63) is 58.1 Å². The molecule has 0 aliphatic carbocycles. The van der Waals surface area contributed by atoms with Crippen molar-refractivity contribution in [1.82, 2.24) is 20.1 Å². The molecule has 3 amide bonds. The van der Waals surface area contributed by atoms with Gasteiger partial charge in [-0.1, -0.05) is 41.4 Å². The zero-order chi connectivity index (χ0) is 23.5. The van der Waals surface area contributed by atoms with Gasteiger partial charge in [-0.15, -0.1) is 0 Å². The molecule has 1 aliphatic rings. The van der Waals surface area contributed by atoms with E-state index in [4.69, 9.17) is 23.2 Å². The lowest BCUT2D eigenvalue weighted by Crippen LogP contribution is -2.52. The van der Waals surface area contributed by atoms with E-state index in [-0.39, 0.29) is 18.0 Å². The number of amides is 3. The summed E-state index contributed by atoms with van der Waals surface area (Å²) in [5.74, 6) is 0.0525. The van der Waals surface area contributed by atoms with E-state index in [0.29, 0.717) is 29.6 Å². The first-order valence-electron chi connectivity index (χ1n) is 11.2. The Labute approximate surface area is 203 Å². The Balaban J connectivity index is 1.40. The summed E-state index contributed by atoms with van der Waals surface area (Å²) in [5.41, 5.74) is 3.76. The number of rotatable bonds is 5. The third kappa shape index (κ3) is 5.28. The van der Waals surface area contributed by atoms with Crippen LogP contribution in [-0.2, 0) is 11.2 Å². The fraction of sp³-hybridized carbons (Fsp3) is 0.360. The number of halogens is 2. The molecule has 0 bridgehead atoms. The number of benzene rings is 2. The van der Waals surface area contributed by atoms with Crippen LogP contribution < -0.4 is 5.32 Å². The summed E-state index contributed by atoms with van der Waals surface area (Å²) < 4.78 is 0. The number of aromatic nitrogens is 1. The van der Waals surface area contributed by atoms with E-state index in [9.17, 15) is 9.59 Å². The van der Waals surface area contributed by atoms with E-state index < -0.39 is 0 Å². The molecule has 8 heteroatoms. The van der Waals surface area contributed by atoms with E-state index in [0.717, 1.165) is 47.1 Å². The van der Waals surface area contributed by atoms with Gasteiger partial charge in [0.1, 0.15) is 0 Å². The van der Waals surface area contributed by atoms with Gasteiger partial charge < -0.3 is 20.1 Å². The topological polar surface area (TPSA) is 68.4 Å². The van der Waals surface area contributed by atoms with Crippen molar-refractivity contribution in [2.45, 2.75) is 32.2 Å². The number of carbonyl (C=O) groups excluding carboxylic acids is 2. The molecule has 2 aromatic carbocycles. The summed E-state index contributed by atoms with van der Waals surface area (Å²) >= 11 is 13.0. The number of nitrogens with zero attached hydrogens (tertiary/aromatic N) is 2. The monoisotopic (exact) mass is 486 g/mol. The summed E-state index contributed by atoms with van der Waals surface area (Å²) in [6.45, 7) is 3.35. The number of aromatic amines is 1. The van der Waals surface area contributed by atoms with Crippen molar-refractivity contribution in [2.75, 3.05) is 26.7 Å². The largest absolute Gasteiger partial charge is 0.354 e.